The van der Waals surface area contributed by atoms with Crippen LogP contribution < -0.4 is 0 Å². The van der Waals surface area contributed by atoms with Gasteiger partial charge in [0, 0.05) is 19.3 Å². The molecule has 484 valence electrons. The number of hydrogen-bond acceptors (Lipinski definition) is 6. The minimum absolute atomic E-state index is 0.0766. The molecule has 0 aromatic carbocycles. The minimum Gasteiger partial charge on any atom is -0.462 e. The molecule has 0 rings (SSSR count). The van der Waals surface area contributed by atoms with Crippen LogP contribution in [0.5, 0.6) is 0 Å². The molecule has 0 aromatic rings. The lowest BCUT2D eigenvalue weighted by Crippen LogP contribution is -2.30. The lowest BCUT2D eigenvalue weighted by atomic mass is 10.0. The molecule has 1 unspecified atom stereocenters. The molecule has 0 aliphatic heterocycles. The standard InChI is InChI=1S/C77H140O6/c1-4-7-10-13-16-19-22-25-28-31-32-33-34-35-36-37-38-39-40-41-42-43-44-47-49-52-55-58-61-64-67-70-76(79)82-73-74(83-77(80)71-68-65-62-59-56-53-50-46-30-27-24-21-18-15-12-9-6-3)72-81-75(78)69-66-63-60-57-54-51-48-45-29-26-23-20-17-14-11-8-5-2/h17-18,20-21,26-27,29-32,74H,4-16,19,22-25,28,33-73H2,1-3H3/b20-17-,21-18-,29-26-,30-27-,32-31-. The van der Waals surface area contributed by atoms with E-state index in [9.17, 15) is 14.4 Å². The molecule has 0 aliphatic carbocycles. The minimum atomic E-state index is -0.782. The van der Waals surface area contributed by atoms with E-state index in [4.69, 9.17) is 14.2 Å². The summed E-state index contributed by atoms with van der Waals surface area (Å²) in [5, 5.41) is 0. The van der Waals surface area contributed by atoms with Crippen LogP contribution in [0.4, 0.5) is 0 Å². The highest BCUT2D eigenvalue weighted by Gasteiger charge is 2.19. The number of allylic oxidation sites excluding steroid dienone is 10. The van der Waals surface area contributed by atoms with Crippen LogP contribution in [0.15, 0.2) is 60.8 Å². The molecule has 0 heterocycles. The Bertz CT molecular complexity index is 1470. The zero-order valence-corrected chi connectivity index (χ0v) is 55.7. The molecule has 0 spiro atoms. The van der Waals surface area contributed by atoms with Crippen LogP contribution in [0.25, 0.3) is 0 Å². The lowest BCUT2D eigenvalue weighted by Gasteiger charge is -2.18. The van der Waals surface area contributed by atoms with E-state index in [0.717, 1.165) is 83.5 Å². The summed E-state index contributed by atoms with van der Waals surface area (Å²) >= 11 is 0. The van der Waals surface area contributed by atoms with E-state index in [1.54, 1.807) is 0 Å². The molecule has 0 amide bonds. The molecule has 0 radical (unpaired) electrons. The third-order valence-corrected chi connectivity index (χ3v) is 16.5. The molecule has 0 bridgehead atoms. The number of carbonyl (C=O) groups excluding carboxylic acids is 3. The quantitative estimate of drug-likeness (QED) is 0.0261. The highest BCUT2D eigenvalue weighted by molar-refractivity contribution is 5.71. The SMILES string of the molecule is CCCCC/C=C\C/C=C\CCCCCCCCCC(=O)OCC(COC(=O)CCCCCCCCCCCCCCCCCCCCC/C=C\CCCCCCCCCC)OC(=O)CCCCCCCCC/C=C\C/C=C\CCCCC. The average Bonchev–Trinajstić information content (AvgIpc) is 3.50. The number of ether oxygens (including phenoxy) is 3. The van der Waals surface area contributed by atoms with E-state index < -0.39 is 6.10 Å². The van der Waals surface area contributed by atoms with Crippen molar-refractivity contribution in [1.29, 1.82) is 0 Å². The molecular formula is C77H140O6. The highest BCUT2D eigenvalue weighted by atomic mass is 16.6. The fraction of sp³-hybridized carbons (Fsp3) is 0.831. The fourth-order valence-corrected chi connectivity index (χ4v) is 10.9. The maximum Gasteiger partial charge on any atom is 0.306 e. The van der Waals surface area contributed by atoms with Gasteiger partial charge >= 0.3 is 17.9 Å². The van der Waals surface area contributed by atoms with Crippen molar-refractivity contribution in [2.75, 3.05) is 13.2 Å². The Labute approximate surface area is 517 Å². The Morgan fingerprint density at radius 3 is 0.699 bits per heavy atom. The molecule has 0 aromatic heterocycles. The van der Waals surface area contributed by atoms with Gasteiger partial charge in [-0.3, -0.25) is 14.4 Å². The van der Waals surface area contributed by atoms with Crippen molar-refractivity contribution in [3.05, 3.63) is 60.8 Å². The average molecular weight is 1160 g/mol. The molecule has 0 N–H and O–H groups in total. The molecule has 0 saturated carbocycles. The first kappa shape index (κ1) is 80.1. The van der Waals surface area contributed by atoms with E-state index in [0.29, 0.717) is 19.3 Å². The zero-order valence-electron chi connectivity index (χ0n) is 55.7. The van der Waals surface area contributed by atoms with Crippen molar-refractivity contribution in [2.24, 2.45) is 0 Å². The van der Waals surface area contributed by atoms with Crippen LogP contribution in [0.1, 0.15) is 393 Å². The van der Waals surface area contributed by atoms with Gasteiger partial charge in [-0.2, -0.15) is 0 Å². The Balaban J connectivity index is 4.21. The van der Waals surface area contributed by atoms with Crippen molar-refractivity contribution in [3.63, 3.8) is 0 Å². The van der Waals surface area contributed by atoms with Crippen molar-refractivity contribution < 1.29 is 28.6 Å². The number of rotatable bonds is 68. The lowest BCUT2D eigenvalue weighted by molar-refractivity contribution is -0.167. The first-order chi connectivity index (χ1) is 41.0. The van der Waals surface area contributed by atoms with E-state index in [1.807, 2.05) is 0 Å². The van der Waals surface area contributed by atoms with Gasteiger partial charge in [-0.25, -0.2) is 0 Å². The molecule has 0 fully saturated rings. The summed E-state index contributed by atoms with van der Waals surface area (Å²) in [6, 6.07) is 0. The van der Waals surface area contributed by atoms with E-state index in [-0.39, 0.29) is 31.1 Å². The Hall–Kier alpha value is -2.89. The van der Waals surface area contributed by atoms with Crippen LogP contribution in [0.3, 0.4) is 0 Å². The predicted molar refractivity (Wildman–Crippen MR) is 362 cm³/mol. The Morgan fingerprint density at radius 2 is 0.434 bits per heavy atom. The predicted octanol–water partition coefficient (Wildman–Crippen LogP) is 25.5. The van der Waals surface area contributed by atoms with Crippen LogP contribution in [-0.2, 0) is 28.6 Å². The maximum absolute atomic E-state index is 12.9. The van der Waals surface area contributed by atoms with E-state index in [2.05, 4.69) is 81.5 Å². The third kappa shape index (κ3) is 69.8. The van der Waals surface area contributed by atoms with E-state index >= 15 is 0 Å². The maximum atomic E-state index is 12.9. The summed E-state index contributed by atoms with van der Waals surface area (Å²) < 4.78 is 17.0. The molecule has 83 heavy (non-hydrogen) atoms. The van der Waals surface area contributed by atoms with Crippen LogP contribution in [-0.4, -0.2) is 37.2 Å². The van der Waals surface area contributed by atoms with Crippen LogP contribution in [0.2, 0.25) is 0 Å². The van der Waals surface area contributed by atoms with Crippen molar-refractivity contribution in [3.8, 4) is 0 Å². The van der Waals surface area contributed by atoms with Gasteiger partial charge < -0.3 is 14.2 Å². The van der Waals surface area contributed by atoms with Crippen molar-refractivity contribution in [1.82, 2.24) is 0 Å². The largest absolute Gasteiger partial charge is 0.462 e. The van der Waals surface area contributed by atoms with Gasteiger partial charge in [0.2, 0.25) is 0 Å². The summed E-state index contributed by atoms with van der Waals surface area (Å²) in [6.45, 7) is 6.64. The third-order valence-electron chi connectivity index (χ3n) is 16.5. The summed E-state index contributed by atoms with van der Waals surface area (Å²) in [7, 11) is 0. The fourth-order valence-electron chi connectivity index (χ4n) is 10.9. The topological polar surface area (TPSA) is 78.9 Å². The summed E-state index contributed by atoms with van der Waals surface area (Å²) in [4.78, 5) is 38.5. The van der Waals surface area contributed by atoms with Crippen LogP contribution in [0, 0.1) is 0 Å². The van der Waals surface area contributed by atoms with Crippen LogP contribution >= 0.6 is 0 Å². The summed E-state index contributed by atoms with van der Waals surface area (Å²) in [5.41, 5.74) is 0. The normalized spacial score (nSPS) is 12.4. The van der Waals surface area contributed by atoms with Gasteiger partial charge in [-0.1, -0.05) is 326 Å². The smallest absolute Gasteiger partial charge is 0.306 e. The summed E-state index contributed by atoms with van der Waals surface area (Å²) in [5.74, 6) is -0.869. The summed E-state index contributed by atoms with van der Waals surface area (Å²) in [6.07, 6.45) is 92.6. The molecule has 0 aliphatic rings. The first-order valence-electron chi connectivity index (χ1n) is 36.8. The molecular weight excluding hydrogens is 1020 g/mol. The van der Waals surface area contributed by atoms with Crippen molar-refractivity contribution >= 4 is 17.9 Å². The zero-order chi connectivity index (χ0) is 59.9. The van der Waals surface area contributed by atoms with Gasteiger partial charge in [0.1, 0.15) is 13.2 Å². The second kappa shape index (κ2) is 71.6. The number of hydrogen-bond donors (Lipinski definition) is 0. The van der Waals surface area contributed by atoms with E-state index in [1.165, 1.54) is 270 Å². The van der Waals surface area contributed by atoms with Crippen molar-refractivity contribution in [2.45, 2.75) is 399 Å². The molecule has 0 saturated heterocycles. The Kier molecular flexibility index (Phi) is 69.1. The van der Waals surface area contributed by atoms with Gasteiger partial charge in [-0.15, -0.1) is 0 Å². The van der Waals surface area contributed by atoms with Gasteiger partial charge in [0.15, 0.2) is 6.10 Å². The second-order valence-electron chi connectivity index (χ2n) is 24.8. The molecule has 6 nitrogen and oxygen atoms in total. The first-order valence-corrected chi connectivity index (χ1v) is 36.8. The number of esters is 3. The van der Waals surface area contributed by atoms with Gasteiger partial charge in [0.25, 0.3) is 0 Å². The number of unbranched alkanes of at least 4 members (excludes halogenated alkanes) is 47. The molecule has 1 atom stereocenters. The molecule has 6 heteroatoms. The number of carbonyl (C=O) groups is 3. The monoisotopic (exact) mass is 1160 g/mol. The second-order valence-corrected chi connectivity index (χ2v) is 24.8. The van der Waals surface area contributed by atoms with Gasteiger partial charge in [0.05, 0.1) is 0 Å². The Morgan fingerprint density at radius 1 is 0.241 bits per heavy atom. The highest BCUT2D eigenvalue weighted by Crippen LogP contribution is 2.18. The van der Waals surface area contributed by atoms with Gasteiger partial charge in [-0.05, 0) is 109 Å².